The second-order valence-electron chi connectivity index (χ2n) is 7.79. The first kappa shape index (κ1) is 21.7. The van der Waals surface area contributed by atoms with Crippen LogP contribution in [0.1, 0.15) is 21.6 Å². The minimum absolute atomic E-state index is 0.0352. The smallest absolute Gasteiger partial charge is 0.272 e. The highest BCUT2D eigenvalue weighted by atomic mass is 19.1. The van der Waals surface area contributed by atoms with Crippen molar-refractivity contribution in [2.45, 2.75) is 19.1 Å². The van der Waals surface area contributed by atoms with Crippen molar-refractivity contribution in [3.05, 3.63) is 89.8 Å². The number of aromatic amines is 1. The van der Waals surface area contributed by atoms with Crippen LogP contribution >= 0.6 is 0 Å². The molecule has 1 aromatic heterocycles. The van der Waals surface area contributed by atoms with Gasteiger partial charge in [-0.2, -0.15) is 0 Å². The summed E-state index contributed by atoms with van der Waals surface area (Å²) in [7, 11) is 0. The first-order valence-electron chi connectivity index (χ1n) is 10.5. The van der Waals surface area contributed by atoms with Crippen LogP contribution in [0.4, 0.5) is 4.39 Å². The number of nitrogens with one attached hydrogen (secondary N) is 1. The molecule has 1 aliphatic heterocycles. The maximum Gasteiger partial charge on any atom is 0.272 e. The molecule has 0 bridgehead atoms. The van der Waals surface area contributed by atoms with Crippen LogP contribution in [-0.2, 0) is 22.6 Å². The number of hydrogen-bond donors (Lipinski definition) is 1. The number of rotatable bonds is 7. The summed E-state index contributed by atoms with van der Waals surface area (Å²) in [5.41, 5.74) is 2.15. The van der Waals surface area contributed by atoms with Crippen molar-refractivity contribution in [2.75, 3.05) is 26.2 Å². The Morgan fingerprint density at radius 2 is 1.94 bits per heavy atom. The molecule has 0 saturated carbocycles. The number of hydrogen-bond acceptors (Lipinski definition) is 4. The van der Waals surface area contributed by atoms with Gasteiger partial charge in [-0.05, 0) is 29.7 Å². The van der Waals surface area contributed by atoms with Gasteiger partial charge >= 0.3 is 0 Å². The SMILES string of the molecule is O=C1CN(C(=O)c2cnc[nH]2)CC(OCc2cccc(F)c2)CN1CCc1ccccc1. The van der Waals surface area contributed by atoms with Gasteiger partial charge in [0.1, 0.15) is 18.1 Å². The fourth-order valence-corrected chi connectivity index (χ4v) is 3.75. The van der Waals surface area contributed by atoms with E-state index in [-0.39, 0.29) is 37.3 Å². The molecule has 2 heterocycles. The molecule has 1 atom stereocenters. The molecule has 0 radical (unpaired) electrons. The van der Waals surface area contributed by atoms with Crippen LogP contribution in [0.3, 0.4) is 0 Å². The lowest BCUT2D eigenvalue weighted by Gasteiger charge is -2.25. The highest BCUT2D eigenvalue weighted by Crippen LogP contribution is 2.15. The van der Waals surface area contributed by atoms with Gasteiger partial charge in [0.2, 0.25) is 5.91 Å². The van der Waals surface area contributed by atoms with Crippen molar-refractivity contribution >= 4 is 11.8 Å². The molecule has 2 aromatic carbocycles. The van der Waals surface area contributed by atoms with Crippen LogP contribution in [0.15, 0.2) is 67.1 Å². The van der Waals surface area contributed by atoms with Gasteiger partial charge < -0.3 is 19.5 Å². The number of H-pyrrole nitrogens is 1. The molecular formula is C24H25FN4O3. The van der Waals surface area contributed by atoms with Gasteiger partial charge in [-0.15, -0.1) is 0 Å². The van der Waals surface area contributed by atoms with Gasteiger partial charge in [0.05, 0.1) is 25.2 Å². The highest BCUT2D eigenvalue weighted by Gasteiger charge is 2.31. The van der Waals surface area contributed by atoms with E-state index in [0.29, 0.717) is 30.8 Å². The van der Waals surface area contributed by atoms with Gasteiger partial charge in [-0.1, -0.05) is 42.5 Å². The minimum Gasteiger partial charge on any atom is -0.370 e. The quantitative estimate of drug-likeness (QED) is 0.618. The summed E-state index contributed by atoms with van der Waals surface area (Å²) in [6.07, 6.45) is 3.16. The number of carbonyl (C=O) groups is 2. The lowest BCUT2D eigenvalue weighted by molar-refractivity contribution is -0.131. The molecular weight excluding hydrogens is 411 g/mol. The van der Waals surface area contributed by atoms with Gasteiger partial charge in [-0.25, -0.2) is 9.37 Å². The van der Waals surface area contributed by atoms with Crippen LogP contribution in [0.5, 0.6) is 0 Å². The number of amides is 2. The third-order valence-corrected chi connectivity index (χ3v) is 5.43. The molecule has 1 N–H and O–H groups in total. The summed E-state index contributed by atoms with van der Waals surface area (Å²) in [4.78, 5) is 35.8. The maximum atomic E-state index is 13.5. The number of aromatic nitrogens is 2. The fraction of sp³-hybridized carbons (Fsp3) is 0.292. The third kappa shape index (κ3) is 5.59. The van der Waals surface area contributed by atoms with Gasteiger partial charge in [-0.3, -0.25) is 9.59 Å². The van der Waals surface area contributed by atoms with Crippen LogP contribution in [0.2, 0.25) is 0 Å². The van der Waals surface area contributed by atoms with E-state index in [9.17, 15) is 14.0 Å². The summed E-state index contributed by atoms with van der Waals surface area (Å²) in [5, 5.41) is 0. The fourth-order valence-electron chi connectivity index (χ4n) is 3.75. The first-order chi connectivity index (χ1) is 15.6. The number of benzene rings is 2. The normalized spacial score (nSPS) is 16.8. The van der Waals surface area contributed by atoms with E-state index in [1.165, 1.54) is 29.6 Å². The van der Waals surface area contributed by atoms with E-state index >= 15 is 0 Å². The zero-order valence-corrected chi connectivity index (χ0v) is 17.6. The average Bonchev–Trinajstić information content (AvgIpc) is 3.29. The zero-order chi connectivity index (χ0) is 22.3. The molecule has 2 amide bonds. The predicted molar refractivity (Wildman–Crippen MR) is 116 cm³/mol. The summed E-state index contributed by atoms with van der Waals surface area (Å²) < 4.78 is 19.6. The van der Waals surface area contributed by atoms with Gasteiger partial charge in [0, 0.05) is 19.6 Å². The van der Waals surface area contributed by atoms with Crippen molar-refractivity contribution in [2.24, 2.45) is 0 Å². The number of halogens is 1. The molecule has 32 heavy (non-hydrogen) atoms. The molecule has 1 saturated heterocycles. The molecule has 0 spiro atoms. The van der Waals surface area contributed by atoms with Crippen molar-refractivity contribution in [1.29, 1.82) is 0 Å². The Kier molecular flexibility index (Phi) is 6.91. The number of ether oxygens (including phenoxy) is 1. The Morgan fingerprint density at radius 1 is 1.12 bits per heavy atom. The molecule has 1 unspecified atom stereocenters. The highest BCUT2D eigenvalue weighted by molar-refractivity contribution is 5.95. The van der Waals surface area contributed by atoms with E-state index in [2.05, 4.69) is 9.97 Å². The summed E-state index contributed by atoms with van der Waals surface area (Å²) >= 11 is 0. The maximum absolute atomic E-state index is 13.5. The molecule has 8 heteroatoms. The summed E-state index contributed by atoms with van der Waals surface area (Å²) in [6.45, 7) is 1.28. The summed E-state index contributed by atoms with van der Waals surface area (Å²) in [5.74, 6) is -0.770. The van der Waals surface area contributed by atoms with E-state index < -0.39 is 6.10 Å². The molecule has 0 aliphatic carbocycles. The largest absolute Gasteiger partial charge is 0.370 e. The van der Waals surface area contributed by atoms with E-state index in [4.69, 9.17) is 4.74 Å². The topological polar surface area (TPSA) is 78.5 Å². The van der Waals surface area contributed by atoms with Crippen LogP contribution in [-0.4, -0.2) is 63.9 Å². The summed E-state index contributed by atoms with van der Waals surface area (Å²) in [6, 6.07) is 16.1. The molecule has 7 nitrogen and oxygen atoms in total. The van der Waals surface area contributed by atoms with Crippen LogP contribution in [0.25, 0.3) is 0 Å². The Bertz CT molecular complexity index is 1040. The van der Waals surface area contributed by atoms with E-state index in [1.54, 1.807) is 17.0 Å². The second kappa shape index (κ2) is 10.2. The van der Waals surface area contributed by atoms with Crippen molar-refractivity contribution in [1.82, 2.24) is 19.8 Å². The van der Waals surface area contributed by atoms with Gasteiger partial charge in [0.15, 0.2) is 0 Å². The second-order valence-corrected chi connectivity index (χ2v) is 7.79. The molecule has 4 rings (SSSR count). The number of nitrogens with zero attached hydrogens (tertiary/aromatic N) is 3. The van der Waals surface area contributed by atoms with Crippen LogP contribution < -0.4 is 0 Å². The first-order valence-corrected chi connectivity index (χ1v) is 10.5. The Hall–Kier alpha value is -3.52. The van der Waals surface area contributed by atoms with Crippen molar-refractivity contribution in [3.63, 3.8) is 0 Å². The van der Waals surface area contributed by atoms with Crippen LogP contribution in [0, 0.1) is 5.82 Å². The number of carbonyl (C=O) groups excluding carboxylic acids is 2. The van der Waals surface area contributed by atoms with Crippen molar-refractivity contribution < 1.29 is 18.7 Å². The Balaban J connectivity index is 1.48. The zero-order valence-electron chi connectivity index (χ0n) is 17.6. The van der Waals surface area contributed by atoms with E-state index in [0.717, 1.165) is 5.56 Å². The Labute approximate surface area is 185 Å². The standard InChI is InChI=1S/C24H25FN4O3/c25-20-8-4-7-19(11-20)16-32-21-13-28(10-9-18-5-2-1-3-6-18)23(30)15-29(14-21)24(31)22-12-26-17-27-22/h1-8,11-12,17,21H,9-10,13-16H2,(H,26,27). The average molecular weight is 436 g/mol. The third-order valence-electron chi connectivity index (χ3n) is 5.43. The molecule has 1 fully saturated rings. The van der Waals surface area contributed by atoms with Gasteiger partial charge in [0.25, 0.3) is 5.91 Å². The Morgan fingerprint density at radius 3 is 2.69 bits per heavy atom. The molecule has 3 aromatic rings. The predicted octanol–water partition coefficient (Wildman–Crippen LogP) is 2.66. The molecule has 1 aliphatic rings. The number of imidazole rings is 1. The lowest BCUT2D eigenvalue weighted by atomic mass is 10.1. The van der Waals surface area contributed by atoms with Crippen molar-refractivity contribution in [3.8, 4) is 0 Å². The minimum atomic E-state index is -0.410. The lowest BCUT2D eigenvalue weighted by Crippen LogP contribution is -2.40. The monoisotopic (exact) mass is 436 g/mol. The molecule has 166 valence electrons. The van der Waals surface area contributed by atoms with E-state index in [1.807, 2.05) is 30.3 Å².